The third kappa shape index (κ3) is 4.11. The van der Waals surface area contributed by atoms with Gasteiger partial charge in [-0.1, -0.05) is 11.6 Å². The molecular weight excluding hydrogens is 164 g/mol. The molecule has 2 nitrogen and oxygen atoms in total. The molecule has 0 unspecified atom stereocenters. The highest BCUT2D eigenvalue weighted by Crippen LogP contribution is 2.21. The zero-order valence-corrected chi connectivity index (χ0v) is 8.34. The molecule has 0 aromatic heterocycles. The lowest BCUT2D eigenvalue weighted by molar-refractivity contribution is -0.140. The third-order valence-corrected chi connectivity index (χ3v) is 2.49. The minimum Gasteiger partial charge on any atom is -0.469 e. The highest BCUT2D eigenvalue weighted by atomic mass is 16.5. The van der Waals surface area contributed by atoms with Gasteiger partial charge in [0.05, 0.1) is 7.11 Å². The van der Waals surface area contributed by atoms with Gasteiger partial charge in [0, 0.05) is 6.42 Å². The van der Waals surface area contributed by atoms with Gasteiger partial charge in [0.25, 0.3) is 0 Å². The Morgan fingerprint density at radius 2 is 2.38 bits per heavy atom. The molecule has 0 N–H and O–H groups in total. The Balaban J connectivity index is 2.11. The van der Waals surface area contributed by atoms with E-state index in [4.69, 9.17) is 0 Å². The van der Waals surface area contributed by atoms with E-state index in [-0.39, 0.29) is 5.97 Å². The number of carbonyl (C=O) groups excluding carboxylic acids is 1. The monoisotopic (exact) mass is 182 g/mol. The second-order valence-corrected chi connectivity index (χ2v) is 3.54. The Bertz CT molecular complexity index is 194. The summed E-state index contributed by atoms with van der Waals surface area (Å²) < 4.78 is 4.58. The summed E-state index contributed by atoms with van der Waals surface area (Å²) in [7, 11) is 1.45. The predicted molar refractivity (Wildman–Crippen MR) is 52.4 cm³/mol. The van der Waals surface area contributed by atoms with Gasteiger partial charge in [-0.05, 0) is 38.5 Å². The van der Waals surface area contributed by atoms with E-state index in [2.05, 4.69) is 10.8 Å². The normalized spacial score (nSPS) is 16.5. The first-order chi connectivity index (χ1) is 6.33. The van der Waals surface area contributed by atoms with Crippen LogP contribution in [-0.4, -0.2) is 13.1 Å². The molecular formula is C11H18O2. The van der Waals surface area contributed by atoms with Gasteiger partial charge in [0.2, 0.25) is 0 Å². The number of ether oxygens (including phenoxy) is 1. The molecule has 74 valence electrons. The van der Waals surface area contributed by atoms with Crippen molar-refractivity contribution in [1.82, 2.24) is 0 Å². The fourth-order valence-electron chi connectivity index (χ4n) is 1.69. The van der Waals surface area contributed by atoms with Crippen LogP contribution in [0.4, 0.5) is 0 Å². The van der Waals surface area contributed by atoms with Crippen molar-refractivity contribution in [2.45, 2.75) is 44.9 Å². The second-order valence-electron chi connectivity index (χ2n) is 3.54. The van der Waals surface area contributed by atoms with Gasteiger partial charge in [-0.25, -0.2) is 0 Å². The summed E-state index contributed by atoms with van der Waals surface area (Å²) in [5.41, 5.74) is 1.54. The van der Waals surface area contributed by atoms with Crippen LogP contribution in [0.2, 0.25) is 0 Å². The van der Waals surface area contributed by atoms with Crippen molar-refractivity contribution in [3.8, 4) is 0 Å². The molecule has 0 aromatic rings. The van der Waals surface area contributed by atoms with Crippen LogP contribution in [0.1, 0.15) is 44.9 Å². The zero-order valence-electron chi connectivity index (χ0n) is 8.34. The van der Waals surface area contributed by atoms with Gasteiger partial charge in [0.1, 0.15) is 0 Å². The van der Waals surface area contributed by atoms with Crippen LogP contribution in [0, 0.1) is 0 Å². The van der Waals surface area contributed by atoms with Crippen LogP contribution in [0.15, 0.2) is 11.6 Å². The van der Waals surface area contributed by atoms with E-state index < -0.39 is 0 Å². The van der Waals surface area contributed by atoms with Crippen molar-refractivity contribution in [3.63, 3.8) is 0 Å². The third-order valence-electron chi connectivity index (χ3n) is 2.49. The molecule has 0 fully saturated rings. The molecule has 0 amide bonds. The first-order valence-electron chi connectivity index (χ1n) is 5.07. The summed E-state index contributed by atoms with van der Waals surface area (Å²) in [6.45, 7) is 0. The topological polar surface area (TPSA) is 26.3 Å². The molecule has 2 heteroatoms. The summed E-state index contributed by atoms with van der Waals surface area (Å²) in [6.07, 6.45) is 10.0. The van der Waals surface area contributed by atoms with E-state index in [9.17, 15) is 4.79 Å². The van der Waals surface area contributed by atoms with Crippen LogP contribution in [0.3, 0.4) is 0 Å². The summed E-state index contributed by atoms with van der Waals surface area (Å²) in [6, 6.07) is 0. The number of allylic oxidation sites excluding steroid dienone is 2. The lowest BCUT2D eigenvalue weighted by atomic mass is 9.95. The minimum atomic E-state index is -0.0867. The highest BCUT2D eigenvalue weighted by molar-refractivity contribution is 5.69. The van der Waals surface area contributed by atoms with Crippen LogP contribution >= 0.6 is 0 Å². The highest BCUT2D eigenvalue weighted by Gasteiger charge is 2.05. The maximum Gasteiger partial charge on any atom is 0.305 e. The second kappa shape index (κ2) is 5.79. The molecule has 0 heterocycles. The molecule has 13 heavy (non-hydrogen) atoms. The minimum absolute atomic E-state index is 0.0867. The van der Waals surface area contributed by atoms with Crippen molar-refractivity contribution in [3.05, 3.63) is 11.6 Å². The molecule has 1 rings (SSSR count). The summed E-state index contributed by atoms with van der Waals surface area (Å²) in [4.78, 5) is 10.8. The fourth-order valence-corrected chi connectivity index (χ4v) is 1.69. The van der Waals surface area contributed by atoms with Crippen molar-refractivity contribution in [2.24, 2.45) is 0 Å². The number of hydrogen-bond acceptors (Lipinski definition) is 2. The van der Waals surface area contributed by atoms with Gasteiger partial charge in [0.15, 0.2) is 0 Å². The van der Waals surface area contributed by atoms with Gasteiger partial charge in [-0.2, -0.15) is 0 Å². The zero-order chi connectivity index (χ0) is 9.52. The van der Waals surface area contributed by atoms with Crippen LogP contribution in [-0.2, 0) is 9.53 Å². The van der Waals surface area contributed by atoms with Crippen molar-refractivity contribution in [1.29, 1.82) is 0 Å². The number of esters is 1. The standard InChI is InChI=1S/C11H18O2/c1-13-11(12)9-5-8-10-6-3-2-4-7-10/h6H,2-5,7-9H2,1H3. The SMILES string of the molecule is COC(=O)CCCC1=CCCCC1. The number of hydrogen-bond donors (Lipinski definition) is 0. The molecule has 1 aliphatic rings. The first kappa shape index (κ1) is 10.3. The van der Waals surface area contributed by atoms with Gasteiger partial charge in [-0.15, -0.1) is 0 Å². The van der Waals surface area contributed by atoms with E-state index in [0.717, 1.165) is 12.8 Å². The van der Waals surface area contributed by atoms with E-state index in [0.29, 0.717) is 6.42 Å². The molecule has 0 bridgehead atoms. The summed E-state index contributed by atoms with van der Waals surface area (Å²) in [5.74, 6) is -0.0867. The van der Waals surface area contributed by atoms with Crippen LogP contribution in [0.25, 0.3) is 0 Å². The Morgan fingerprint density at radius 1 is 1.54 bits per heavy atom. The van der Waals surface area contributed by atoms with Crippen LogP contribution < -0.4 is 0 Å². The van der Waals surface area contributed by atoms with E-state index in [1.807, 2.05) is 0 Å². The Hall–Kier alpha value is -0.790. The van der Waals surface area contributed by atoms with Gasteiger partial charge < -0.3 is 4.74 Å². The summed E-state index contributed by atoms with van der Waals surface area (Å²) in [5, 5.41) is 0. The maximum absolute atomic E-state index is 10.8. The lowest BCUT2D eigenvalue weighted by Crippen LogP contribution is -2.00. The largest absolute Gasteiger partial charge is 0.469 e. The summed E-state index contributed by atoms with van der Waals surface area (Å²) >= 11 is 0. The Morgan fingerprint density at radius 3 is 3.00 bits per heavy atom. The fraction of sp³-hybridized carbons (Fsp3) is 0.727. The molecule has 0 saturated heterocycles. The molecule has 1 aliphatic carbocycles. The number of methoxy groups -OCH3 is 1. The smallest absolute Gasteiger partial charge is 0.305 e. The van der Waals surface area contributed by atoms with Crippen molar-refractivity contribution < 1.29 is 9.53 Å². The predicted octanol–water partition coefficient (Wildman–Crippen LogP) is 2.83. The Labute approximate surface area is 80.0 Å². The van der Waals surface area contributed by atoms with Gasteiger partial charge in [-0.3, -0.25) is 4.79 Å². The molecule has 0 spiro atoms. The average Bonchev–Trinajstić information content (AvgIpc) is 2.19. The van der Waals surface area contributed by atoms with E-state index >= 15 is 0 Å². The number of rotatable bonds is 4. The van der Waals surface area contributed by atoms with Gasteiger partial charge >= 0.3 is 5.97 Å². The van der Waals surface area contributed by atoms with Crippen molar-refractivity contribution in [2.75, 3.05) is 7.11 Å². The number of carbonyl (C=O) groups is 1. The quantitative estimate of drug-likeness (QED) is 0.493. The molecule has 0 saturated carbocycles. The van der Waals surface area contributed by atoms with Crippen molar-refractivity contribution >= 4 is 5.97 Å². The molecule has 0 aromatic carbocycles. The average molecular weight is 182 g/mol. The first-order valence-corrected chi connectivity index (χ1v) is 5.07. The lowest BCUT2D eigenvalue weighted by Gasteiger charge is -2.11. The maximum atomic E-state index is 10.8. The Kier molecular flexibility index (Phi) is 4.58. The molecule has 0 radical (unpaired) electrons. The van der Waals surface area contributed by atoms with E-state index in [1.165, 1.54) is 38.4 Å². The van der Waals surface area contributed by atoms with Crippen LogP contribution in [0.5, 0.6) is 0 Å². The van der Waals surface area contributed by atoms with E-state index in [1.54, 1.807) is 0 Å². The molecule has 0 aliphatic heterocycles. The molecule has 0 atom stereocenters.